The van der Waals surface area contributed by atoms with Crippen molar-refractivity contribution in [3.8, 4) is 5.75 Å². The van der Waals surface area contributed by atoms with Crippen LogP contribution in [0.5, 0.6) is 5.75 Å². The lowest BCUT2D eigenvalue weighted by molar-refractivity contribution is 0.0939. The zero-order chi connectivity index (χ0) is 20.0. The second kappa shape index (κ2) is 8.83. The van der Waals surface area contributed by atoms with Crippen molar-refractivity contribution in [2.75, 3.05) is 13.7 Å². The summed E-state index contributed by atoms with van der Waals surface area (Å²) >= 11 is 0. The highest BCUT2D eigenvalue weighted by Crippen LogP contribution is 2.26. The maximum absolute atomic E-state index is 12.6. The summed E-state index contributed by atoms with van der Waals surface area (Å²) in [7, 11) is -2.12. The van der Waals surface area contributed by atoms with Crippen molar-refractivity contribution in [1.29, 1.82) is 0 Å². The summed E-state index contributed by atoms with van der Waals surface area (Å²) in [6.07, 6.45) is 1.45. The number of rotatable bonds is 8. The van der Waals surface area contributed by atoms with E-state index in [4.69, 9.17) is 4.74 Å². The third-order valence-corrected chi connectivity index (χ3v) is 5.44. The van der Waals surface area contributed by atoms with Crippen molar-refractivity contribution in [2.24, 2.45) is 0 Å². The van der Waals surface area contributed by atoms with Gasteiger partial charge in [0.2, 0.25) is 10.0 Å². The lowest BCUT2D eigenvalue weighted by atomic mass is 10.0. The third-order valence-electron chi connectivity index (χ3n) is 4.02. The van der Waals surface area contributed by atoms with E-state index in [1.807, 2.05) is 32.0 Å². The number of aryl methyl sites for hydroxylation is 1. The number of amides is 1. The van der Waals surface area contributed by atoms with Gasteiger partial charge in [0.1, 0.15) is 5.75 Å². The number of methoxy groups -OCH3 is 1. The second-order valence-electron chi connectivity index (χ2n) is 6.11. The Morgan fingerprint density at radius 3 is 2.67 bits per heavy atom. The molecule has 1 atom stereocenters. The fraction of sp³-hybridized carbons (Fsp3) is 0.250. The molecule has 0 saturated heterocycles. The van der Waals surface area contributed by atoms with Gasteiger partial charge in [0.05, 0.1) is 18.0 Å². The Balaban J connectivity index is 2.23. The largest absolute Gasteiger partial charge is 0.496 e. The Morgan fingerprint density at radius 1 is 1.26 bits per heavy atom. The molecule has 0 aromatic heterocycles. The summed E-state index contributed by atoms with van der Waals surface area (Å²) in [6, 6.07) is 11.3. The molecule has 0 spiro atoms. The number of carbonyl (C=O) groups is 1. The van der Waals surface area contributed by atoms with Crippen molar-refractivity contribution in [3.63, 3.8) is 0 Å². The molecule has 6 nitrogen and oxygen atoms in total. The van der Waals surface area contributed by atoms with Crippen LogP contribution >= 0.6 is 0 Å². The van der Waals surface area contributed by atoms with Gasteiger partial charge < -0.3 is 10.1 Å². The first-order valence-electron chi connectivity index (χ1n) is 8.44. The van der Waals surface area contributed by atoms with Gasteiger partial charge in [-0.1, -0.05) is 29.8 Å². The van der Waals surface area contributed by atoms with Crippen molar-refractivity contribution >= 4 is 15.9 Å². The number of benzene rings is 2. The summed E-state index contributed by atoms with van der Waals surface area (Å²) in [5.74, 6) is 0.310. The Labute approximate surface area is 160 Å². The summed E-state index contributed by atoms with van der Waals surface area (Å²) in [5.41, 5.74) is 2.16. The molecule has 0 saturated carbocycles. The Kier molecular flexibility index (Phi) is 6.76. The summed E-state index contributed by atoms with van der Waals surface area (Å²) in [6.45, 7) is 7.41. The topological polar surface area (TPSA) is 84.5 Å². The molecule has 2 rings (SSSR count). The van der Waals surface area contributed by atoms with Gasteiger partial charge in [0, 0.05) is 17.7 Å². The van der Waals surface area contributed by atoms with Gasteiger partial charge in [0.15, 0.2) is 0 Å². The lowest BCUT2D eigenvalue weighted by Gasteiger charge is -2.18. The molecular weight excluding hydrogens is 364 g/mol. The predicted molar refractivity (Wildman–Crippen MR) is 105 cm³/mol. The van der Waals surface area contributed by atoms with Gasteiger partial charge >= 0.3 is 0 Å². The molecular formula is C20H24N2O4S. The first-order chi connectivity index (χ1) is 12.8. The fourth-order valence-electron chi connectivity index (χ4n) is 2.61. The van der Waals surface area contributed by atoms with Crippen molar-refractivity contribution in [2.45, 2.75) is 24.8 Å². The maximum atomic E-state index is 12.6. The van der Waals surface area contributed by atoms with Gasteiger partial charge in [-0.05, 0) is 38.1 Å². The van der Waals surface area contributed by atoms with E-state index in [0.29, 0.717) is 5.75 Å². The number of ether oxygens (including phenoxy) is 1. The van der Waals surface area contributed by atoms with Crippen LogP contribution in [0, 0.1) is 6.92 Å². The number of sulfonamides is 1. The minimum Gasteiger partial charge on any atom is -0.496 e. The van der Waals surface area contributed by atoms with E-state index in [2.05, 4.69) is 16.6 Å². The van der Waals surface area contributed by atoms with Gasteiger partial charge in [-0.2, -0.15) is 0 Å². The van der Waals surface area contributed by atoms with E-state index >= 15 is 0 Å². The standard InChI is InChI=1S/C20H24N2O4S/c1-5-11-21-27(24,25)17-8-6-7-16(13-17)20(23)22-15(3)18-12-14(2)9-10-19(18)26-4/h5-10,12-13,15,21H,1,11H2,2-4H3,(H,22,23)/t15-/m0/s1. The van der Waals surface area contributed by atoms with Crippen molar-refractivity contribution < 1.29 is 17.9 Å². The monoisotopic (exact) mass is 388 g/mol. The van der Waals surface area contributed by atoms with Gasteiger partial charge in [-0.15, -0.1) is 6.58 Å². The number of hydrogen-bond donors (Lipinski definition) is 2. The average molecular weight is 388 g/mol. The van der Waals surface area contributed by atoms with Crippen LogP contribution in [-0.4, -0.2) is 28.0 Å². The molecule has 0 aliphatic carbocycles. The van der Waals surface area contributed by atoms with E-state index in [1.165, 1.54) is 24.3 Å². The maximum Gasteiger partial charge on any atom is 0.251 e. The molecule has 2 aromatic carbocycles. The van der Waals surface area contributed by atoms with Crippen molar-refractivity contribution in [1.82, 2.24) is 10.0 Å². The highest BCUT2D eigenvalue weighted by atomic mass is 32.2. The molecule has 2 aromatic rings. The molecule has 0 aliphatic rings. The summed E-state index contributed by atoms with van der Waals surface area (Å²) in [4.78, 5) is 12.6. The number of nitrogens with one attached hydrogen (secondary N) is 2. The highest BCUT2D eigenvalue weighted by molar-refractivity contribution is 7.89. The highest BCUT2D eigenvalue weighted by Gasteiger charge is 2.18. The van der Waals surface area contributed by atoms with Crippen LogP contribution in [0.1, 0.15) is 34.5 Å². The first kappa shape index (κ1) is 20.7. The normalized spacial score (nSPS) is 12.3. The minimum absolute atomic E-state index is 0.0257. The molecule has 7 heteroatoms. The van der Waals surface area contributed by atoms with Crippen LogP contribution in [0.2, 0.25) is 0 Å². The summed E-state index contributed by atoms with van der Waals surface area (Å²) in [5, 5.41) is 2.89. The fourth-order valence-corrected chi connectivity index (χ4v) is 3.65. The third kappa shape index (κ3) is 5.18. The van der Waals surface area contributed by atoms with Crippen LogP contribution in [0.4, 0.5) is 0 Å². The minimum atomic E-state index is -3.70. The predicted octanol–water partition coefficient (Wildman–Crippen LogP) is 2.96. The van der Waals surface area contributed by atoms with Crippen LogP contribution in [-0.2, 0) is 10.0 Å². The second-order valence-corrected chi connectivity index (χ2v) is 7.88. The van der Waals surface area contributed by atoms with Crippen LogP contribution in [0.3, 0.4) is 0 Å². The van der Waals surface area contributed by atoms with Gasteiger partial charge in [-0.3, -0.25) is 4.79 Å². The average Bonchev–Trinajstić information content (AvgIpc) is 2.66. The van der Waals surface area contributed by atoms with Crippen LogP contribution in [0.25, 0.3) is 0 Å². The zero-order valence-electron chi connectivity index (χ0n) is 15.7. The van der Waals surface area contributed by atoms with E-state index in [0.717, 1.165) is 11.1 Å². The van der Waals surface area contributed by atoms with Crippen molar-refractivity contribution in [3.05, 3.63) is 71.8 Å². The molecule has 0 heterocycles. The van der Waals surface area contributed by atoms with E-state index in [9.17, 15) is 13.2 Å². The van der Waals surface area contributed by atoms with Crippen LogP contribution in [0.15, 0.2) is 60.0 Å². The molecule has 0 radical (unpaired) electrons. The molecule has 0 aliphatic heterocycles. The zero-order valence-corrected chi connectivity index (χ0v) is 16.5. The SMILES string of the molecule is C=CCNS(=O)(=O)c1cccc(C(=O)N[C@@H](C)c2cc(C)ccc2OC)c1. The molecule has 0 fully saturated rings. The molecule has 0 bridgehead atoms. The first-order valence-corrected chi connectivity index (χ1v) is 9.93. The smallest absolute Gasteiger partial charge is 0.251 e. The molecule has 27 heavy (non-hydrogen) atoms. The van der Waals surface area contributed by atoms with E-state index < -0.39 is 10.0 Å². The Bertz CT molecular complexity index is 939. The van der Waals surface area contributed by atoms with Crippen LogP contribution < -0.4 is 14.8 Å². The van der Waals surface area contributed by atoms with Gasteiger partial charge in [0.25, 0.3) is 5.91 Å². The molecule has 0 unspecified atom stereocenters. The Morgan fingerprint density at radius 2 is 2.00 bits per heavy atom. The van der Waals surface area contributed by atoms with E-state index in [-0.39, 0.29) is 29.0 Å². The molecule has 144 valence electrons. The van der Waals surface area contributed by atoms with Gasteiger partial charge in [-0.25, -0.2) is 13.1 Å². The molecule has 1 amide bonds. The lowest BCUT2D eigenvalue weighted by Crippen LogP contribution is -2.28. The Hall–Kier alpha value is -2.64. The molecule has 2 N–H and O–H groups in total. The van der Waals surface area contributed by atoms with E-state index in [1.54, 1.807) is 13.2 Å². The number of hydrogen-bond acceptors (Lipinski definition) is 4. The summed E-state index contributed by atoms with van der Waals surface area (Å²) < 4.78 is 32.2. The quantitative estimate of drug-likeness (QED) is 0.681. The number of carbonyl (C=O) groups excluding carboxylic acids is 1.